The van der Waals surface area contributed by atoms with Gasteiger partial charge in [-0.1, -0.05) is 19.8 Å². The normalized spacial score (nSPS) is 26.8. The van der Waals surface area contributed by atoms with Crippen LogP contribution in [-0.4, -0.2) is 37.0 Å². The first-order valence-electron chi connectivity index (χ1n) is 8.36. The van der Waals surface area contributed by atoms with Crippen molar-refractivity contribution in [3.8, 4) is 0 Å². The zero-order valence-electron chi connectivity index (χ0n) is 13.7. The van der Waals surface area contributed by atoms with E-state index in [1.165, 1.54) is 0 Å². The highest BCUT2D eigenvalue weighted by Gasteiger charge is 2.26. The summed E-state index contributed by atoms with van der Waals surface area (Å²) < 4.78 is 0. The molecule has 22 heavy (non-hydrogen) atoms. The van der Waals surface area contributed by atoms with Gasteiger partial charge in [-0.05, 0) is 38.6 Å². The second-order valence-corrected chi connectivity index (χ2v) is 6.74. The molecule has 3 atom stereocenters. The molecule has 3 N–H and O–H groups in total. The van der Waals surface area contributed by atoms with Gasteiger partial charge in [0.1, 0.15) is 0 Å². The maximum atomic E-state index is 12.1. The molecule has 1 aliphatic carbocycles. The molecule has 0 radical (unpaired) electrons. The van der Waals surface area contributed by atoms with Crippen LogP contribution in [-0.2, 0) is 9.59 Å². The number of rotatable bonds is 5. The number of nitrogens with one attached hydrogen (secondary N) is 3. The van der Waals surface area contributed by atoms with E-state index < -0.39 is 0 Å². The van der Waals surface area contributed by atoms with Gasteiger partial charge in [0.25, 0.3) is 0 Å². The topological polar surface area (TPSA) is 70.2 Å². The van der Waals surface area contributed by atoms with Gasteiger partial charge in [-0.15, -0.1) is 12.4 Å². The molecule has 2 fully saturated rings. The summed E-state index contributed by atoms with van der Waals surface area (Å²) in [7, 11) is 0. The van der Waals surface area contributed by atoms with E-state index in [0.717, 1.165) is 45.2 Å². The smallest absolute Gasteiger partial charge is 0.223 e. The third-order valence-corrected chi connectivity index (χ3v) is 4.78. The second-order valence-electron chi connectivity index (χ2n) is 6.74. The number of hydrogen-bond donors (Lipinski definition) is 3. The molecule has 1 saturated carbocycles. The monoisotopic (exact) mass is 331 g/mol. The Balaban J connectivity index is 0.00000242. The van der Waals surface area contributed by atoms with E-state index in [4.69, 9.17) is 0 Å². The minimum Gasteiger partial charge on any atom is -0.353 e. The van der Waals surface area contributed by atoms with Gasteiger partial charge in [0.15, 0.2) is 0 Å². The van der Waals surface area contributed by atoms with Crippen molar-refractivity contribution < 1.29 is 9.59 Å². The standard InChI is InChI=1S/C16H29N3O2.ClH/c1-11-7-8-17-10-14(11)19-15(20)9-12(2)18-16(21)13-5-3-4-6-13;/h11-14,17H,3-10H2,1-2H3,(H,18,21)(H,19,20);1H. The molecular weight excluding hydrogens is 302 g/mol. The third-order valence-electron chi connectivity index (χ3n) is 4.78. The van der Waals surface area contributed by atoms with E-state index >= 15 is 0 Å². The summed E-state index contributed by atoms with van der Waals surface area (Å²) in [5.74, 6) is 0.840. The molecule has 6 heteroatoms. The van der Waals surface area contributed by atoms with Crippen LogP contribution in [0, 0.1) is 11.8 Å². The predicted molar refractivity (Wildman–Crippen MR) is 90.0 cm³/mol. The van der Waals surface area contributed by atoms with Gasteiger partial charge in [0, 0.05) is 31.0 Å². The molecule has 2 aliphatic rings. The van der Waals surface area contributed by atoms with Crippen molar-refractivity contribution in [3.63, 3.8) is 0 Å². The molecule has 0 aromatic carbocycles. The van der Waals surface area contributed by atoms with E-state index in [2.05, 4.69) is 22.9 Å². The third kappa shape index (κ3) is 5.76. The lowest BCUT2D eigenvalue weighted by molar-refractivity contribution is -0.126. The fourth-order valence-electron chi connectivity index (χ4n) is 3.33. The van der Waals surface area contributed by atoms with Crippen molar-refractivity contribution in [1.82, 2.24) is 16.0 Å². The predicted octanol–water partition coefficient (Wildman–Crippen LogP) is 1.61. The van der Waals surface area contributed by atoms with Gasteiger partial charge < -0.3 is 16.0 Å². The Labute approximate surface area is 139 Å². The van der Waals surface area contributed by atoms with Crippen LogP contribution >= 0.6 is 12.4 Å². The van der Waals surface area contributed by atoms with E-state index in [0.29, 0.717) is 12.3 Å². The molecule has 2 amide bonds. The fraction of sp³-hybridized carbons (Fsp3) is 0.875. The van der Waals surface area contributed by atoms with Crippen molar-refractivity contribution in [3.05, 3.63) is 0 Å². The van der Waals surface area contributed by atoms with Gasteiger partial charge >= 0.3 is 0 Å². The van der Waals surface area contributed by atoms with Crippen LogP contribution in [0.2, 0.25) is 0 Å². The highest BCUT2D eigenvalue weighted by molar-refractivity contribution is 5.85. The Hall–Kier alpha value is -0.810. The summed E-state index contributed by atoms with van der Waals surface area (Å²) in [5, 5.41) is 9.38. The van der Waals surface area contributed by atoms with E-state index in [-0.39, 0.29) is 42.2 Å². The number of halogens is 1. The van der Waals surface area contributed by atoms with Crippen LogP contribution < -0.4 is 16.0 Å². The summed E-state index contributed by atoms with van der Waals surface area (Å²) in [6, 6.07) is 0.119. The molecule has 1 saturated heterocycles. The largest absolute Gasteiger partial charge is 0.353 e. The Bertz CT molecular complexity index is 372. The number of amides is 2. The van der Waals surface area contributed by atoms with Crippen LogP contribution in [0.1, 0.15) is 52.4 Å². The van der Waals surface area contributed by atoms with Crippen LogP contribution in [0.5, 0.6) is 0 Å². The molecule has 128 valence electrons. The second kappa shape index (κ2) is 9.36. The van der Waals surface area contributed by atoms with Crippen molar-refractivity contribution in [2.45, 2.75) is 64.5 Å². The molecule has 0 spiro atoms. The molecule has 0 bridgehead atoms. The van der Waals surface area contributed by atoms with Gasteiger partial charge in [-0.25, -0.2) is 0 Å². The highest BCUT2D eigenvalue weighted by Crippen LogP contribution is 2.24. The summed E-state index contributed by atoms with van der Waals surface area (Å²) in [6.07, 6.45) is 5.76. The van der Waals surface area contributed by atoms with Gasteiger partial charge in [-0.2, -0.15) is 0 Å². The first-order valence-corrected chi connectivity index (χ1v) is 8.36. The van der Waals surface area contributed by atoms with Crippen molar-refractivity contribution in [1.29, 1.82) is 0 Å². The molecule has 3 unspecified atom stereocenters. The lowest BCUT2D eigenvalue weighted by Crippen LogP contribution is -2.51. The minimum atomic E-state index is -0.0926. The minimum absolute atomic E-state index is 0. The zero-order valence-corrected chi connectivity index (χ0v) is 14.5. The van der Waals surface area contributed by atoms with Crippen molar-refractivity contribution in [2.24, 2.45) is 11.8 Å². The first-order chi connectivity index (χ1) is 10.1. The summed E-state index contributed by atoms with van der Waals surface area (Å²) >= 11 is 0. The molecular formula is C16H30ClN3O2. The molecule has 1 heterocycles. The maximum absolute atomic E-state index is 12.1. The Morgan fingerprint density at radius 3 is 2.55 bits per heavy atom. The van der Waals surface area contributed by atoms with Crippen molar-refractivity contribution in [2.75, 3.05) is 13.1 Å². The van der Waals surface area contributed by atoms with Gasteiger partial charge in [-0.3, -0.25) is 9.59 Å². The lowest BCUT2D eigenvalue weighted by Gasteiger charge is -2.30. The SMILES string of the molecule is CC(CC(=O)NC1CNCCC1C)NC(=O)C1CCCC1.Cl. The fourth-order valence-corrected chi connectivity index (χ4v) is 3.33. The van der Waals surface area contributed by atoms with Crippen LogP contribution in [0.15, 0.2) is 0 Å². The average Bonchev–Trinajstić information content (AvgIpc) is 2.95. The first kappa shape index (κ1) is 19.2. The maximum Gasteiger partial charge on any atom is 0.223 e. The summed E-state index contributed by atoms with van der Waals surface area (Å²) in [4.78, 5) is 24.1. The van der Waals surface area contributed by atoms with E-state index in [1.807, 2.05) is 6.92 Å². The average molecular weight is 332 g/mol. The Kier molecular flexibility index (Phi) is 8.18. The van der Waals surface area contributed by atoms with Crippen LogP contribution in [0.3, 0.4) is 0 Å². The van der Waals surface area contributed by atoms with E-state index in [1.54, 1.807) is 0 Å². The van der Waals surface area contributed by atoms with Crippen LogP contribution in [0.4, 0.5) is 0 Å². The Morgan fingerprint density at radius 1 is 1.23 bits per heavy atom. The van der Waals surface area contributed by atoms with Crippen LogP contribution in [0.25, 0.3) is 0 Å². The molecule has 1 aliphatic heterocycles. The zero-order chi connectivity index (χ0) is 15.2. The van der Waals surface area contributed by atoms with Gasteiger partial charge in [0.05, 0.1) is 0 Å². The van der Waals surface area contributed by atoms with Gasteiger partial charge in [0.2, 0.25) is 11.8 Å². The number of carbonyl (C=O) groups is 2. The molecule has 0 aromatic rings. The lowest BCUT2D eigenvalue weighted by atomic mass is 9.94. The summed E-state index contributed by atoms with van der Waals surface area (Å²) in [5.41, 5.74) is 0. The number of hydrogen-bond acceptors (Lipinski definition) is 3. The Morgan fingerprint density at radius 2 is 1.91 bits per heavy atom. The summed E-state index contributed by atoms with van der Waals surface area (Å²) in [6.45, 7) is 5.96. The highest BCUT2D eigenvalue weighted by atomic mass is 35.5. The molecule has 0 aromatic heterocycles. The number of carbonyl (C=O) groups excluding carboxylic acids is 2. The number of piperidine rings is 1. The van der Waals surface area contributed by atoms with E-state index in [9.17, 15) is 9.59 Å². The quantitative estimate of drug-likeness (QED) is 0.716. The molecule has 5 nitrogen and oxygen atoms in total. The van der Waals surface area contributed by atoms with Crippen molar-refractivity contribution >= 4 is 24.2 Å². The molecule has 2 rings (SSSR count).